The van der Waals surface area contributed by atoms with Gasteiger partial charge < -0.3 is 4.98 Å². The summed E-state index contributed by atoms with van der Waals surface area (Å²) in [6.07, 6.45) is 1.58. The Bertz CT molecular complexity index is 703. The number of aromatic nitrogens is 3. The monoisotopic (exact) mass is 316 g/mol. The van der Waals surface area contributed by atoms with Crippen molar-refractivity contribution in [2.24, 2.45) is 0 Å². The lowest BCUT2D eigenvalue weighted by molar-refractivity contribution is 0.102. The Morgan fingerprint density at radius 3 is 2.79 bits per heavy atom. The van der Waals surface area contributed by atoms with Gasteiger partial charge >= 0.3 is 0 Å². The van der Waals surface area contributed by atoms with Crippen LogP contribution in [-0.2, 0) is 0 Å². The van der Waals surface area contributed by atoms with Crippen LogP contribution in [0.2, 0.25) is 0 Å². The second-order valence-electron chi connectivity index (χ2n) is 3.92. The van der Waals surface area contributed by atoms with Crippen molar-refractivity contribution in [2.75, 3.05) is 5.32 Å². The fourth-order valence-corrected chi connectivity index (χ4v) is 1.93. The van der Waals surface area contributed by atoms with E-state index >= 15 is 0 Å². The average Bonchev–Trinajstić information content (AvgIpc) is 2.81. The third-order valence-corrected chi connectivity index (χ3v) is 3.05. The molecule has 0 aliphatic carbocycles. The quantitative estimate of drug-likeness (QED) is 0.763. The molecule has 5 nitrogen and oxygen atoms in total. The maximum Gasteiger partial charge on any atom is 0.276 e. The summed E-state index contributed by atoms with van der Waals surface area (Å²) < 4.78 is 0.827. The second-order valence-corrected chi connectivity index (χ2v) is 4.83. The Labute approximate surface area is 117 Å². The van der Waals surface area contributed by atoms with Gasteiger partial charge in [-0.05, 0) is 40.2 Å². The first-order chi connectivity index (χ1) is 9.22. The third kappa shape index (κ3) is 2.48. The first-order valence-corrected chi connectivity index (χ1v) is 6.39. The van der Waals surface area contributed by atoms with Crippen molar-refractivity contribution < 1.29 is 4.79 Å². The minimum Gasteiger partial charge on any atom is -0.324 e. The van der Waals surface area contributed by atoms with E-state index in [9.17, 15) is 4.79 Å². The van der Waals surface area contributed by atoms with Crippen molar-refractivity contribution >= 4 is 38.8 Å². The normalized spacial score (nSPS) is 10.6. The van der Waals surface area contributed by atoms with E-state index in [-0.39, 0.29) is 5.91 Å². The van der Waals surface area contributed by atoms with Gasteiger partial charge in [0.05, 0.1) is 11.0 Å². The fourth-order valence-electron chi connectivity index (χ4n) is 1.69. The largest absolute Gasteiger partial charge is 0.324 e. The average molecular weight is 317 g/mol. The second kappa shape index (κ2) is 4.81. The highest BCUT2D eigenvalue weighted by Gasteiger charge is 2.10. The molecule has 0 aliphatic rings. The van der Waals surface area contributed by atoms with Crippen LogP contribution in [0.4, 0.5) is 5.95 Å². The minimum atomic E-state index is -0.299. The SMILES string of the molecule is O=C(Nc1nc2ccccc2[nH]1)c1ccc(Br)cn1. The number of imidazole rings is 1. The van der Waals surface area contributed by atoms with Crippen molar-refractivity contribution in [3.05, 3.63) is 52.8 Å². The number of aromatic amines is 1. The molecule has 2 N–H and O–H groups in total. The molecule has 0 atom stereocenters. The van der Waals surface area contributed by atoms with Gasteiger partial charge in [0, 0.05) is 10.7 Å². The Morgan fingerprint density at radius 1 is 1.21 bits per heavy atom. The van der Waals surface area contributed by atoms with Crippen LogP contribution >= 0.6 is 15.9 Å². The van der Waals surface area contributed by atoms with Crippen LogP contribution in [0.5, 0.6) is 0 Å². The summed E-state index contributed by atoms with van der Waals surface area (Å²) in [5, 5.41) is 2.68. The van der Waals surface area contributed by atoms with Crippen molar-refractivity contribution in [2.45, 2.75) is 0 Å². The summed E-state index contributed by atoms with van der Waals surface area (Å²) in [6, 6.07) is 11.0. The molecule has 6 heteroatoms. The maximum absolute atomic E-state index is 12.0. The first kappa shape index (κ1) is 11.9. The zero-order valence-electron chi connectivity index (χ0n) is 9.72. The van der Waals surface area contributed by atoms with E-state index < -0.39 is 0 Å². The lowest BCUT2D eigenvalue weighted by Gasteiger charge is -2.00. The number of nitrogens with zero attached hydrogens (tertiary/aromatic N) is 2. The zero-order chi connectivity index (χ0) is 13.2. The number of nitrogens with one attached hydrogen (secondary N) is 2. The minimum absolute atomic E-state index is 0.299. The molecule has 0 saturated carbocycles. The molecule has 3 rings (SSSR count). The lowest BCUT2D eigenvalue weighted by atomic mass is 10.3. The van der Waals surface area contributed by atoms with E-state index in [4.69, 9.17) is 0 Å². The van der Waals surface area contributed by atoms with E-state index in [1.165, 1.54) is 0 Å². The summed E-state index contributed by atoms with van der Waals surface area (Å²) in [5.74, 6) is 0.113. The van der Waals surface area contributed by atoms with Gasteiger partial charge in [-0.1, -0.05) is 12.1 Å². The van der Waals surface area contributed by atoms with Crippen LogP contribution in [0.1, 0.15) is 10.5 Å². The number of amides is 1. The number of benzene rings is 1. The number of rotatable bonds is 2. The summed E-state index contributed by atoms with van der Waals surface area (Å²) in [5.41, 5.74) is 2.02. The molecule has 2 heterocycles. The molecule has 3 aromatic rings. The molecule has 0 saturated heterocycles. The summed E-state index contributed by atoms with van der Waals surface area (Å²) in [7, 11) is 0. The van der Waals surface area contributed by atoms with Crippen molar-refractivity contribution in [3.63, 3.8) is 0 Å². The Balaban J connectivity index is 1.84. The molecule has 1 aromatic carbocycles. The van der Waals surface area contributed by atoms with Gasteiger partial charge in [-0.2, -0.15) is 0 Å². The number of carbonyl (C=O) groups is 1. The van der Waals surface area contributed by atoms with E-state index in [1.54, 1.807) is 18.3 Å². The molecule has 0 aliphatic heterocycles. The predicted octanol–water partition coefficient (Wildman–Crippen LogP) is 2.97. The van der Waals surface area contributed by atoms with Crippen molar-refractivity contribution in [1.82, 2.24) is 15.0 Å². The highest BCUT2D eigenvalue weighted by atomic mass is 79.9. The van der Waals surface area contributed by atoms with E-state index in [1.807, 2.05) is 24.3 Å². The molecule has 19 heavy (non-hydrogen) atoms. The Hall–Kier alpha value is -2.21. The van der Waals surface area contributed by atoms with Gasteiger partial charge in [-0.3, -0.25) is 10.1 Å². The molecular formula is C13H9BrN4O. The summed E-state index contributed by atoms with van der Waals surface area (Å²) in [6.45, 7) is 0. The predicted molar refractivity (Wildman–Crippen MR) is 76.0 cm³/mol. The van der Waals surface area contributed by atoms with Crippen LogP contribution in [0.15, 0.2) is 47.1 Å². The van der Waals surface area contributed by atoms with E-state index in [0.717, 1.165) is 15.5 Å². The Kier molecular flexibility index (Phi) is 3.00. The van der Waals surface area contributed by atoms with Gasteiger partial charge in [-0.15, -0.1) is 0 Å². The molecule has 0 radical (unpaired) electrons. The number of anilines is 1. The lowest BCUT2D eigenvalue weighted by Crippen LogP contribution is -2.14. The topological polar surface area (TPSA) is 70.7 Å². The number of halogens is 1. The number of H-pyrrole nitrogens is 1. The van der Waals surface area contributed by atoms with Crippen molar-refractivity contribution in [3.8, 4) is 0 Å². The number of hydrogen-bond donors (Lipinski definition) is 2. The molecule has 0 bridgehead atoms. The molecule has 94 valence electrons. The highest BCUT2D eigenvalue weighted by molar-refractivity contribution is 9.10. The molecular weight excluding hydrogens is 308 g/mol. The van der Waals surface area contributed by atoms with E-state index in [0.29, 0.717) is 11.6 Å². The van der Waals surface area contributed by atoms with Crippen LogP contribution in [0, 0.1) is 0 Å². The number of fused-ring (bicyclic) bond motifs is 1. The van der Waals surface area contributed by atoms with Gasteiger partial charge in [0.25, 0.3) is 5.91 Å². The van der Waals surface area contributed by atoms with Crippen LogP contribution in [-0.4, -0.2) is 20.9 Å². The fraction of sp³-hybridized carbons (Fsp3) is 0. The highest BCUT2D eigenvalue weighted by Crippen LogP contribution is 2.14. The number of carbonyl (C=O) groups excluding carboxylic acids is 1. The van der Waals surface area contributed by atoms with Gasteiger partial charge in [0.2, 0.25) is 5.95 Å². The third-order valence-electron chi connectivity index (χ3n) is 2.58. The summed E-state index contributed by atoms with van der Waals surface area (Å²) >= 11 is 3.27. The van der Waals surface area contributed by atoms with Gasteiger partial charge in [0.1, 0.15) is 5.69 Å². The smallest absolute Gasteiger partial charge is 0.276 e. The molecule has 2 aromatic heterocycles. The van der Waals surface area contributed by atoms with Gasteiger partial charge in [0.15, 0.2) is 0 Å². The molecule has 1 amide bonds. The molecule has 0 fully saturated rings. The number of hydrogen-bond acceptors (Lipinski definition) is 3. The van der Waals surface area contributed by atoms with Crippen LogP contribution in [0.25, 0.3) is 11.0 Å². The van der Waals surface area contributed by atoms with E-state index in [2.05, 4.69) is 36.2 Å². The standard InChI is InChI=1S/C13H9BrN4O/c14-8-5-6-11(15-7-8)12(19)18-13-16-9-3-1-2-4-10(9)17-13/h1-7H,(H2,16,17,18,19). The first-order valence-electron chi connectivity index (χ1n) is 5.60. The Morgan fingerprint density at radius 2 is 2.05 bits per heavy atom. The number of pyridine rings is 1. The zero-order valence-corrected chi connectivity index (χ0v) is 11.3. The maximum atomic E-state index is 12.0. The molecule has 0 spiro atoms. The summed E-state index contributed by atoms with van der Waals surface area (Å²) in [4.78, 5) is 23.3. The molecule has 0 unspecified atom stereocenters. The number of para-hydroxylation sites is 2. The van der Waals surface area contributed by atoms with Gasteiger partial charge in [-0.25, -0.2) is 9.97 Å². The van der Waals surface area contributed by atoms with Crippen molar-refractivity contribution in [1.29, 1.82) is 0 Å². The van der Waals surface area contributed by atoms with Crippen LogP contribution in [0.3, 0.4) is 0 Å². The van der Waals surface area contributed by atoms with Crippen LogP contribution < -0.4 is 5.32 Å².